The van der Waals surface area contributed by atoms with E-state index >= 15 is 0 Å². The number of hydrogen-bond acceptors (Lipinski definition) is 4. The molecule has 0 spiro atoms. The number of nitrogens with two attached hydrogens (primary N) is 1. The summed E-state index contributed by atoms with van der Waals surface area (Å²) in [6.07, 6.45) is 2.59. The molecule has 2 saturated heterocycles. The topological polar surface area (TPSA) is 75.9 Å². The molecular weight excluding hydrogens is 354 g/mol. The van der Waals surface area contributed by atoms with Crippen LogP contribution in [0, 0.1) is 0 Å². The summed E-state index contributed by atoms with van der Waals surface area (Å²) in [5.74, 6) is 0.0102. The number of ether oxygens (including phenoxy) is 1. The Labute approximate surface area is 168 Å². The van der Waals surface area contributed by atoms with E-state index in [9.17, 15) is 9.59 Å². The Morgan fingerprint density at radius 3 is 2.32 bits per heavy atom. The maximum absolute atomic E-state index is 13.6. The van der Waals surface area contributed by atoms with Crippen LogP contribution in [0.2, 0.25) is 0 Å². The Bertz CT molecular complexity index is 699. The summed E-state index contributed by atoms with van der Waals surface area (Å²) < 4.78 is 5.50. The van der Waals surface area contributed by atoms with Crippen LogP contribution in [0.15, 0.2) is 30.3 Å². The number of benzene rings is 1. The average Bonchev–Trinajstić information content (AvgIpc) is 3.07. The highest BCUT2D eigenvalue weighted by atomic mass is 16.6. The van der Waals surface area contributed by atoms with E-state index in [2.05, 4.69) is 27.7 Å². The third kappa shape index (κ3) is 4.17. The zero-order chi connectivity index (χ0) is 20.5. The highest BCUT2D eigenvalue weighted by Crippen LogP contribution is 2.39. The third-order valence-corrected chi connectivity index (χ3v) is 5.93. The fourth-order valence-electron chi connectivity index (χ4n) is 5.15. The minimum absolute atomic E-state index is 0.0102. The van der Waals surface area contributed by atoms with Gasteiger partial charge in [-0.05, 0) is 58.9 Å². The molecule has 1 atom stereocenters. The van der Waals surface area contributed by atoms with Gasteiger partial charge in [0.15, 0.2) is 0 Å². The molecule has 2 aliphatic rings. The Morgan fingerprint density at radius 1 is 1.11 bits per heavy atom. The van der Waals surface area contributed by atoms with Crippen molar-refractivity contribution in [2.75, 3.05) is 6.54 Å². The summed E-state index contributed by atoms with van der Waals surface area (Å²) in [7, 11) is 0. The number of piperidine rings is 1. The summed E-state index contributed by atoms with van der Waals surface area (Å²) in [6, 6.07) is 9.20. The van der Waals surface area contributed by atoms with Gasteiger partial charge >= 0.3 is 6.09 Å². The molecule has 2 N–H and O–H groups in total. The van der Waals surface area contributed by atoms with Crippen molar-refractivity contribution < 1.29 is 14.3 Å². The lowest BCUT2D eigenvalue weighted by Gasteiger charge is -2.55. The smallest absolute Gasteiger partial charge is 0.410 e. The molecule has 0 bridgehead atoms. The average molecular weight is 388 g/mol. The summed E-state index contributed by atoms with van der Waals surface area (Å²) >= 11 is 0. The van der Waals surface area contributed by atoms with Crippen molar-refractivity contribution in [2.45, 2.75) is 83.1 Å². The molecular formula is C22H33N3O3. The minimum atomic E-state index is -0.462. The van der Waals surface area contributed by atoms with Gasteiger partial charge < -0.3 is 15.4 Å². The van der Waals surface area contributed by atoms with Crippen molar-refractivity contribution >= 4 is 12.0 Å². The van der Waals surface area contributed by atoms with Gasteiger partial charge in [0.1, 0.15) is 12.6 Å². The van der Waals surface area contributed by atoms with Crippen LogP contribution in [0.1, 0.15) is 58.9 Å². The maximum atomic E-state index is 13.6. The number of rotatable bonds is 3. The quantitative estimate of drug-likeness (QED) is 0.863. The van der Waals surface area contributed by atoms with Gasteiger partial charge in [-0.15, -0.1) is 0 Å². The second-order valence-electron chi connectivity index (χ2n) is 9.36. The van der Waals surface area contributed by atoms with E-state index < -0.39 is 12.1 Å². The second kappa shape index (κ2) is 7.74. The fourth-order valence-corrected chi connectivity index (χ4v) is 5.15. The lowest BCUT2D eigenvalue weighted by molar-refractivity contribution is -0.154. The number of likely N-dealkylation sites (tertiary alicyclic amines) is 2. The van der Waals surface area contributed by atoms with Crippen molar-refractivity contribution in [3.63, 3.8) is 0 Å². The molecule has 0 saturated carbocycles. The van der Waals surface area contributed by atoms with Crippen LogP contribution in [0.4, 0.5) is 4.79 Å². The number of carbonyl (C=O) groups excluding carboxylic acids is 2. The van der Waals surface area contributed by atoms with Gasteiger partial charge in [0, 0.05) is 23.7 Å². The maximum Gasteiger partial charge on any atom is 0.410 e. The first-order valence-corrected chi connectivity index (χ1v) is 10.2. The van der Waals surface area contributed by atoms with Crippen LogP contribution in [-0.2, 0) is 16.1 Å². The van der Waals surface area contributed by atoms with Gasteiger partial charge in [-0.25, -0.2) is 4.79 Å². The first kappa shape index (κ1) is 20.6. The normalized spacial score (nSPS) is 24.2. The standard InChI is InChI=1S/C22H33N3O3/c1-21(2)13-17(23)14-22(3,4)25(21)19(26)18-11-8-12-24(18)20(27)28-15-16-9-6-5-7-10-16/h5-7,9-10,17-18H,8,11-15,23H2,1-4H3. The number of nitrogens with zero attached hydrogens (tertiary/aromatic N) is 2. The van der Waals surface area contributed by atoms with Crippen molar-refractivity contribution in [3.8, 4) is 0 Å². The van der Waals surface area contributed by atoms with Gasteiger partial charge in [-0.2, -0.15) is 0 Å². The number of hydrogen-bond donors (Lipinski definition) is 1. The Balaban J connectivity index is 1.72. The van der Waals surface area contributed by atoms with Gasteiger partial charge in [0.05, 0.1) is 0 Å². The second-order valence-corrected chi connectivity index (χ2v) is 9.36. The summed E-state index contributed by atoms with van der Waals surface area (Å²) in [5, 5.41) is 0. The van der Waals surface area contributed by atoms with Crippen LogP contribution in [-0.4, -0.2) is 51.5 Å². The summed E-state index contributed by atoms with van der Waals surface area (Å²) in [5.41, 5.74) is 6.49. The predicted molar refractivity (Wildman–Crippen MR) is 109 cm³/mol. The van der Waals surface area contributed by atoms with Crippen molar-refractivity contribution in [1.82, 2.24) is 9.80 Å². The lowest BCUT2D eigenvalue weighted by atomic mass is 9.76. The Morgan fingerprint density at radius 2 is 1.71 bits per heavy atom. The largest absolute Gasteiger partial charge is 0.445 e. The van der Waals surface area contributed by atoms with Gasteiger partial charge in [0.2, 0.25) is 5.91 Å². The van der Waals surface area contributed by atoms with Gasteiger partial charge in [0.25, 0.3) is 0 Å². The predicted octanol–water partition coefficient (Wildman–Crippen LogP) is 3.29. The monoisotopic (exact) mass is 387 g/mol. The van der Waals surface area contributed by atoms with Crippen molar-refractivity contribution in [3.05, 3.63) is 35.9 Å². The highest BCUT2D eigenvalue weighted by Gasteiger charge is 2.50. The van der Waals surface area contributed by atoms with Crippen LogP contribution in [0.5, 0.6) is 0 Å². The lowest BCUT2D eigenvalue weighted by Crippen LogP contribution is -2.67. The molecule has 2 aliphatic heterocycles. The fraction of sp³-hybridized carbons (Fsp3) is 0.636. The molecule has 0 aliphatic carbocycles. The first-order chi connectivity index (χ1) is 13.1. The van der Waals surface area contributed by atoms with Crippen molar-refractivity contribution in [2.24, 2.45) is 5.73 Å². The molecule has 3 rings (SSSR count). The zero-order valence-electron chi connectivity index (χ0n) is 17.5. The third-order valence-electron chi connectivity index (χ3n) is 5.93. The van der Waals surface area contributed by atoms with E-state index in [1.165, 1.54) is 0 Å². The molecule has 2 heterocycles. The van der Waals surface area contributed by atoms with Crippen LogP contribution >= 0.6 is 0 Å². The summed E-state index contributed by atoms with van der Waals surface area (Å²) in [6.45, 7) is 9.04. The zero-order valence-corrected chi connectivity index (χ0v) is 17.5. The molecule has 0 aromatic heterocycles. The highest BCUT2D eigenvalue weighted by molar-refractivity contribution is 5.87. The van der Waals surface area contributed by atoms with E-state index in [1.807, 2.05) is 35.2 Å². The van der Waals surface area contributed by atoms with Crippen LogP contribution in [0.25, 0.3) is 0 Å². The van der Waals surface area contributed by atoms with E-state index in [1.54, 1.807) is 4.90 Å². The van der Waals surface area contributed by atoms with E-state index in [-0.39, 0.29) is 29.6 Å². The van der Waals surface area contributed by atoms with E-state index in [0.717, 1.165) is 24.8 Å². The van der Waals surface area contributed by atoms with E-state index in [0.29, 0.717) is 13.0 Å². The Kier molecular flexibility index (Phi) is 5.71. The summed E-state index contributed by atoms with van der Waals surface area (Å²) in [4.78, 5) is 29.8. The molecule has 1 aromatic carbocycles. The molecule has 1 aromatic rings. The number of carbonyl (C=O) groups is 2. The van der Waals surface area contributed by atoms with Crippen LogP contribution in [0.3, 0.4) is 0 Å². The minimum Gasteiger partial charge on any atom is -0.445 e. The molecule has 0 radical (unpaired) electrons. The van der Waals surface area contributed by atoms with Crippen molar-refractivity contribution in [1.29, 1.82) is 0 Å². The molecule has 2 fully saturated rings. The van der Waals surface area contributed by atoms with Gasteiger partial charge in [-0.1, -0.05) is 30.3 Å². The molecule has 154 valence electrons. The molecule has 6 heteroatoms. The van der Waals surface area contributed by atoms with Gasteiger partial charge in [-0.3, -0.25) is 9.69 Å². The first-order valence-electron chi connectivity index (χ1n) is 10.2. The molecule has 2 amide bonds. The van der Waals surface area contributed by atoms with Crippen LogP contribution < -0.4 is 5.73 Å². The van der Waals surface area contributed by atoms with E-state index in [4.69, 9.17) is 10.5 Å². The molecule has 6 nitrogen and oxygen atoms in total. The SMILES string of the molecule is CC1(C)CC(N)CC(C)(C)N1C(=O)C1CCCN1C(=O)OCc1ccccc1. The Hall–Kier alpha value is -2.08. The molecule has 1 unspecified atom stereocenters. The number of amides is 2. The molecule has 28 heavy (non-hydrogen) atoms.